The Hall–Kier alpha value is -0.120. The molecule has 0 heterocycles. The summed E-state index contributed by atoms with van der Waals surface area (Å²) in [5, 5.41) is 0. The highest BCUT2D eigenvalue weighted by Crippen LogP contribution is 1.57. The van der Waals surface area contributed by atoms with Crippen molar-refractivity contribution in [1.82, 2.24) is 0 Å². The van der Waals surface area contributed by atoms with Gasteiger partial charge in [-0.3, -0.25) is 0 Å². The molecule has 0 aromatic rings. The van der Waals surface area contributed by atoms with Gasteiger partial charge in [0.05, 0.1) is 0 Å². The smallest absolute Gasteiger partial charge is 0.00799 e. The number of nitrogens with two attached hydrogens (primary N) is 3. The molecule has 0 aromatic heterocycles. The van der Waals surface area contributed by atoms with Crippen LogP contribution in [0.3, 0.4) is 0 Å². The molecule has 0 aliphatic heterocycles. The van der Waals surface area contributed by atoms with Crippen molar-refractivity contribution in [2.24, 2.45) is 17.2 Å². The highest BCUT2D eigenvalue weighted by Gasteiger charge is 1.55. The molecule has 3 heteroatoms. The van der Waals surface area contributed by atoms with E-state index in [0.717, 1.165) is 25.9 Å². The molecule has 0 aliphatic carbocycles. The minimum atomic E-state index is 0.819. The maximum absolute atomic E-state index is 5.03. The first kappa shape index (κ1) is 22.6. The fourth-order valence-corrected chi connectivity index (χ4v) is 0. The van der Waals surface area contributed by atoms with Gasteiger partial charge in [0, 0.05) is 0 Å². The van der Waals surface area contributed by atoms with Crippen LogP contribution in [0.5, 0.6) is 0 Å². The topological polar surface area (TPSA) is 78.1 Å². The van der Waals surface area contributed by atoms with Crippen molar-refractivity contribution in [3.63, 3.8) is 0 Å². The van der Waals surface area contributed by atoms with E-state index in [-0.39, 0.29) is 0 Å². The third-order valence-electron chi connectivity index (χ3n) is 0.577. The summed E-state index contributed by atoms with van der Waals surface area (Å²) in [6.07, 6.45) is 2.19. The van der Waals surface area contributed by atoms with Gasteiger partial charge in [0.25, 0.3) is 0 Å². The summed E-state index contributed by atoms with van der Waals surface area (Å²) >= 11 is 0. The molecule has 0 radical (unpaired) electrons. The second kappa shape index (κ2) is 70.5. The Morgan fingerprint density at radius 3 is 0.833 bits per heavy atom. The zero-order valence-corrected chi connectivity index (χ0v) is 9.56. The summed E-state index contributed by atoms with van der Waals surface area (Å²) in [6, 6.07) is 0. The van der Waals surface area contributed by atoms with E-state index in [2.05, 4.69) is 19.6 Å². The van der Waals surface area contributed by atoms with Crippen molar-refractivity contribution in [3.05, 3.63) is 0 Å². The molecule has 0 rings (SSSR count). The molecule has 0 bridgehead atoms. The standard InChI is InChI=1S/2C3H9N.C2H6.CH5N/c2*1-2-3-4;2*1-2/h2*2-4H2,1H3;1-2H3;2H2,1H3. The highest BCUT2D eigenvalue weighted by molar-refractivity contribution is 4.19. The summed E-state index contributed by atoms with van der Waals surface area (Å²) in [5.41, 5.74) is 14.6. The van der Waals surface area contributed by atoms with Crippen molar-refractivity contribution in [2.45, 2.75) is 40.5 Å². The zero-order valence-electron chi connectivity index (χ0n) is 9.56. The van der Waals surface area contributed by atoms with Gasteiger partial charge in [-0.25, -0.2) is 0 Å². The fraction of sp³-hybridized carbons (Fsp3) is 1.00. The van der Waals surface area contributed by atoms with Crippen LogP contribution in [0, 0.1) is 0 Å². The van der Waals surface area contributed by atoms with Crippen LogP contribution in [0.15, 0.2) is 0 Å². The molecule has 0 unspecified atom stereocenters. The third-order valence-corrected chi connectivity index (χ3v) is 0.577. The first-order valence-electron chi connectivity index (χ1n) is 4.81. The summed E-state index contributed by atoms with van der Waals surface area (Å²) in [4.78, 5) is 0. The molecule has 6 N–H and O–H groups in total. The normalized spacial score (nSPS) is 6.00. The predicted molar refractivity (Wildman–Crippen MR) is 60.2 cm³/mol. The lowest BCUT2D eigenvalue weighted by atomic mass is 10.5. The molecule has 0 saturated carbocycles. The van der Waals surface area contributed by atoms with Gasteiger partial charge in [-0.2, -0.15) is 0 Å². The Labute approximate surface area is 78.7 Å². The Morgan fingerprint density at radius 2 is 0.833 bits per heavy atom. The van der Waals surface area contributed by atoms with E-state index in [9.17, 15) is 0 Å². The van der Waals surface area contributed by atoms with Crippen LogP contribution in [0.2, 0.25) is 0 Å². The molecule has 0 atom stereocenters. The lowest BCUT2D eigenvalue weighted by Gasteiger charge is -1.70. The van der Waals surface area contributed by atoms with Crippen molar-refractivity contribution in [2.75, 3.05) is 20.1 Å². The first-order chi connectivity index (χ1) is 5.83. The van der Waals surface area contributed by atoms with Crippen LogP contribution in [0.25, 0.3) is 0 Å². The second-order valence-electron chi connectivity index (χ2n) is 1.58. The zero-order chi connectivity index (χ0) is 10.8. The number of rotatable bonds is 2. The Balaban J connectivity index is -0.0000000380. The highest BCUT2D eigenvalue weighted by atomic mass is 14.5. The molecule has 0 spiro atoms. The van der Waals surface area contributed by atoms with Crippen molar-refractivity contribution in [1.29, 1.82) is 0 Å². The Morgan fingerprint density at radius 1 is 0.750 bits per heavy atom. The molecular formula is C9H29N3. The Bertz CT molecular complexity index is 17.7. The van der Waals surface area contributed by atoms with Crippen LogP contribution in [0.1, 0.15) is 40.5 Å². The van der Waals surface area contributed by atoms with Gasteiger partial charge < -0.3 is 17.2 Å². The minimum absolute atomic E-state index is 0.819. The molecule has 12 heavy (non-hydrogen) atoms. The predicted octanol–water partition coefficient (Wildman–Crippen LogP) is 1.31. The quantitative estimate of drug-likeness (QED) is 0.598. The minimum Gasteiger partial charge on any atom is -0.333 e. The van der Waals surface area contributed by atoms with E-state index in [4.69, 9.17) is 11.5 Å². The molecule has 0 saturated heterocycles. The average molecular weight is 179 g/mol. The van der Waals surface area contributed by atoms with Gasteiger partial charge in [0.1, 0.15) is 0 Å². The third kappa shape index (κ3) is 220. The number of hydrogen-bond acceptors (Lipinski definition) is 3. The van der Waals surface area contributed by atoms with Gasteiger partial charge in [-0.05, 0) is 33.0 Å². The van der Waals surface area contributed by atoms with E-state index in [1.807, 2.05) is 13.8 Å². The van der Waals surface area contributed by atoms with E-state index >= 15 is 0 Å². The fourth-order valence-electron chi connectivity index (χ4n) is 0. The van der Waals surface area contributed by atoms with Crippen LogP contribution >= 0.6 is 0 Å². The lowest BCUT2D eigenvalue weighted by molar-refractivity contribution is 0.932. The molecule has 0 aromatic carbocycles. The van der Waals surface area contributed by atoms with Gasteiger partial charge >= 0.3 is 0 Å². The van der Waals surface area contributed by atoms with Gasteiger partial charge in [-0.15, -0.1) is 0 Å². The molecular weight excluding hydrogens is 150 g/mol. The van der Waals surface area contributed by atoms with E-state index in [0.29, 0.717) is 0 Å². The van der Waals surface area contributed by atoms with E-state index < -0.39 is 0 Å². The summed E-state index contributed by atoms with van der Waals surface area (Å²) in [7, 11) is 1.50. The molecule has 3 nitrogen and oxygen atoms in total. The van der Waals surface area contributed by atoms with Crippen molar-refractivity contribution in [3.8, 4) is 0 Å². The van der Waals surface area contributed by atoms with Crippen LogP contribution in [0.4, 0.5) is 0 Å². The maximum atomic E-state index is 5.03. The second-order valence-corrected chi connectivity index (χ2v) is 1.58. The molecule has 0 aliphatic rings. The van der Waals surface area contributed by atoms with Crippen molar-refractivity contribution < 1.29 is 0 Å². The number of hydrogen-bond donors (Lipinski definition) is 3. The van der Waals surface area contributed by atoms with Gasteiger partial charge in [0.2, 0.25) is 0 Å². The summed E-state index contributed by atoms with van der Waals surface area (Å²) < 4.78 is 0. The van der Waals surface area contributed by atoms with Gasteiger partial charge in [0.15, 0.2) is 0 Å². The average Bonchev–Trinajstić information content (AvgIpc) is 2.23. The monoisotopic (exact) mass is 179 g/mol. The van der Waals surface area contributed by atoms with Gasteiger partial charge in [-0.1, -0.05) is 27.7 Å². The van der Waals surface area contributed by atoms with Crippen LogP contribution < -0.4 is 17.2 Å². The van der Waals surface area contributed by atoms with Crippen molar-refractivity contribution >= 4 is 0 Å². The van der Waals surface area contributed by atoms with Crippen LogP contribution in [-0.4, -0.2) is 20.1 Å². The Kier molecular flexibility index (Phi) is 133. The largest absolute Gasteiger partial charge is 0.333 e. The summed E-state index contributed by atoms with van der Waals surface area (Å²) in [5.74, 6) is 0. The van der Waals surface area contributed by atoms with E-state index in [1.54, 1.807) is 0 Å². The molecule has 80 valence electrons. The maximum Gasteiger partial charge on any atom is -0.00799 e. The van der Waals surface area contributed by atoms with Crippen LogP contribution in [-0.2, 0) is 0 Å². The molecule has 0 amide bonds. The molecule has 0 fully saturated rings. The first-order valence-corrected chi connectivity index (χ1v) is 4.81. The SMILES string of the molecule is CC.CCCN.CCCN.CN. The summed E-state index contributed by atoms with van der Waals surface area (Å²) in [6.45, 7) is 9.75. The lowest BCUT2D eigenvalue weighted by Crippen LogP contribution is -1.93. The van der Waals surface area contributed by atoms with E-state index in [1.165, 1.54) is 7.05 Å².